The van der Waals surface area contributed by atoms with Crippen LogP contribution < -0.4 is 4.90 Å². The number of anilines is 1. The third kappa shape index (κ3) is 4.10. The van der Waals surface area contributed by atoms with Gasteiger partial charge in [-0.3, -0.25) is 9.97 Å². The van der Waals surface area contributed by atoms with Crippen molar-refractivity contribution in [3.05, 3.63) is 47.9 Å². The third-order valence-corrected chi connectivity index (χ3v) is 5.33. The zero-order chi connectivity index (χ0) is 23.8. The van der Waals surface area contributed by atoms with Crippen molar-refractivity contribution in [2.24, 2.45) is 10.1 Å². The van der Waals surface area contributed by atoms with Crippen molar-refractivity contribution in [3.63, 3.8) is 0 Å². The zero-order valence-electron chi connectivity index (χ0n) is 18.7. The molecule has 0 aromatic carbocycles. The summed E-state index contributed by atoms with van der Waals surface area (Å²) in [7, 11) is 0. The van der Waals surface area contributed by atoms with Crippen LogP contribution in [0.4, 0.5) is 24.7 Å². The molecule has 11 heteroatoms. The molecule has 4 rings (SSSR count). The Morgan fingerprint density at radius 3 is 2.39 bits per heavy atom. The molecule has 0 radical (unpaired) electrons. The molecule has 0 saturated carbocycles. The molecule has 8 nitrogen and oxygen atoms in total. The van der Waals surface area contributed by atoms with E-state index < -0.39 is 11.9 Å². The standard InChI is InChI=1S/C22H23F3N8/c1-5-14-19(16-12-26-10-11-27-16)33-21(30-14)18(20(31-33)22(23,24)25)29-15-8-9-17(28-13(15)4)32(6-2)7-3/h8-12H,5-7H2,1-4H3/b29-18-. The number of hydrogen-bond donors (Lipinski definition) is 0. The molecule has 0 atom stereocenters. The number of alkyl halides is 3. The first-order chi connectivity index (χ1) is 15.8. The van der Waals surface area contributed by atoms with Crippen LogP contribution in [0.25, 0.3) is 11.4 Å². The number of imidazole rings is 1. The Morgan fingerprint density at radius 2 is 1.82 bits per heavy atom. The zero-order valence-corrected chi connectivity index (χ0v) is 18.7. The Balaban J connectivity index is 1.88. The lowest BCUT2D eigenvalue weighted by molar-refractivity contribution is -0.0567. The van der Waals surface area contributed by atoms with Crippen LogP contribution in [0.15, 0.2) is 40.8 Å². The number of nitrogens with zero attached hydrogens (tertiary/aromatic N) is 8. The van der Waals surface area contributed by atoms with Gasteiger partial charge in [-0.1, -0.05) is 6.92 Å². The first-order valence-electron chi connectivity index (χ1n) is 10.6. The lowest BCUT2D eigenvalue weighted by atomic mass is 10.2. The van der Waals surface area contributed by atoms with Crippen LogP contribution in [0.5, 0.6) is 0 Å². The minimum absolute atomic E-state index is 0.0204. The fourth-order valence-corrected chi connectivity index (χ4v) is 3.68. The average Bonchev–Trinajstić information content (AvgIpc) is 3.33. The minimum Gasteiger partial charge on any atom is -0.357 e. The van der Waals surface area contributed by atoms with Gasteiger partial charge in [-0.2, -0.15) is 18.3 Å². The number of halogens is 3. The summed E-state index contributed by atoms with van der Waals surface area (Å²) in [5.41, 5.74) is 0.727. The van der Waals surface area contributed by atoms with E-state index in [0.29, 0.717) is 34.9 Å². The van der Waals surface area contributed by atoms with Crippen LogP contribution in [0.3, 0.4) is 0 Å². The van der Waals surface area contributed by atoms with E-state index in [1.54, 1.807) is 19.1 Å². The lowest BCUT2D eigenvalue weighted by Gasteiger charge is -2.20. The highest BCUT2D eigenvalue weighted by atomic mass is 19.4. The third-order valence-electron chi connectivity index (χ3n) is 5.33. The number of fused-ring (bicyclic) bond motifs is 1. The summed E-state index contributed by atoms with van der Waals surface area (Å²) in [4.78, 5) is 23.6. The molecule has 3 aromatic heterocycles. The molecule has 1 aliphatic heterocycles. The van der Waals surface area contributed by atoms with Gasteiger partial charge < -0.3 is 4.90 Å². The van der Waals surface area contributed by atoms with E-state index in [0.717, 1.165) is 23.6 Å². The Bertz CT molecular complexity index is 1220. The summed E-state index contributed by atoms with van der Waals surface area (Å²) in [5.74, 6) is 0.768. The van der Waals surface area contributed by atoms with Gasteiger partial charge in [0.2, 0.25) is 0 Å². The molecule has 0 saturated heterocycles. The maximum Gasteiger partial charge on any atom is 0.437 e. The van der Waals surface area contributed by atoms with Gasteiger partial charge in [0, 0.05) is 25.5 Å². The number of hydrogen-bond acceptors (Lipinski definition) is 7. The van der Waals surface area contributed by atoms with Crippen LogP contribution in [0.1, 0.15) is 38.0 Å². The second-order valence-electron chi connectivity index (χ2n) is 7.34. The summed E-state index contributed by atoms with van der Waals surface area (Å²) in [6.07, 6.45) is 0.204. The highest BCUT2D eigenvalue weighted by molar-refractivity contribution is 6.51. The average molecular weight is 456 g/mol. The summed E-state index contributed by atoms with van der Waals surface area (Å²) in [6.45, 7) is 9.15. The second kappa shape index (κ2) is 8.72. The fraction of sp³-hybridized carbons (Fsp3) is 0.364. The van der Waals surface area contributed by atoms with Gasteiger partial charge in [-0.25, -0.2) is 19.6 Å². The maximum absolute atomic E-state index is 13.9. The van der Waals surface area contributed by atoms with E-state index in [-0.39, 0.29) is 11.5 Å². The molecule has 0 N–H and O–H groups in total. The lowest BCUT2D eigenvalue weighted by Crippen LogP contribution is -2.29. The first-order valence-corrected chi connectivity index (χ1v) is 10.6. The highest BCUT2D eigenvalue weighted by Gasteiger charge is 2.46. The molecular weight excluding hydrogens is 433 g/mol. The first kappa shape index (κ1) is 22.6. The summed E-state index contributed by atoms with van der Waals surface area (Å²) >= 11 is 0. The smallest absolute Gasteiger partial charge is 0.357 e. The molecule has 0 fully saturated rings. The molecule has 0 unspecified atom stereocenters. The summed E-state index contributed by atoms with van der Waals surface area (Å²) in [6, 6.07) is 3.43. The van der Waals surface area contributed by atoms with Crippen molar-refractivity contribution in [2.75, 3.05) is 18.0 Å². The molecule has 0 aliphatic carbocycles. The summed E-state index contributed by atoms with van der Waals surface area (Å²) in [5, 5.41) is 3.87. The Morgan fingerprint density at radius 1 is 1.06 bits per heavy atom. The van der Waals surface area contributed by atoms with Crippen molar-refractivity contribution in [1.29, 1.82) is 0 Å². The molecule has 3 aromatic rings. The highest BCUT2D eigenvalue weighted by Crippen LogP contribution is 2.33. The van der Waals surface area contributed by atoms with Crippen LogP contribution >= 0.6 is 0 Å². The van der Waals surface area contributed by atoms with E-state index in [1.165, 1.54) is 18.6 Å². The van der Waals surface area contributed by atoms with Crippen molar-refractivity contribution < 1.29 is 13.2 Å². The predicted octanol–water partition coefficient (Wildman–Crippen LogP) is 4.35. The van der Waals surface area contributed by atoms with Crippen LogP contribution in [-0.4, -0.2) is 55.3 Å². The van der Waals surface area contributed by atoms with E-state index in [2.05, 4.69) is 34.9 Å². The monoisotopic (exact) mass is 456 g/mol. The topological polar surface area (TPSA) is 84.4 Å². The number of pyridine rings is 1. The van der Waals surface area contributed by atoms with E-state index >= 15 is 0 Å². The van der Waals surface area contributed by atoms with Gasteiger partial charge in [0.1, 0.15) is 22.9 Å². The molecule has 1 aliphatic rings. The number of aliphatic imine (C=N–C) groups is 1. The normalized spacial score (nSPS) is 14.5. The maximum atomic E-state index is 13.9. The van der Waals surface area contributed by atoms with Crippen molar-refractivity contribution in [1.82, 2.24) is 24.6 Å². The molecular formula is C22H23F3N8. The van der Waals surface area contributed by atoms with Gasteiger partial charge in [-0.15, -0.1) is 0 Å². The van der Waals surface area contributed by atoms with Gasteiger partial charge in [-0.05, 0) is 39.3 Å². The van der Waals surface area contributed by atoms with Crippen LogP contribution in [-0.2, 0) is 6.42 Å². The van der Waals surface area contributed by atoms with Crippen molar-refractivity contribution in [3.8, 4) is 11.4 Å². The number of aromatic nitrogens is 5. The molecule has 0 amide bonds. The van der Waals surface area contributed by atoms with Crippen molar-refractivity contribution >= 4 is 22.9 Å². The fourth-order valence-electron chi connectivity index (χ4n) is 3.68. The minimum atomic E-state index is -4.71. The molecule has 172 valence electrons. The second-order valence-corrected chi connectivity index (χ2v) is 7.34. The molecule has 0 spiro atoms. The van der Waals surface area contributed by atoms with Gasteiger partial charge in [0.05, 0.1) is 23.3 Å². The van der Waals surface area contributed by atoms with Gasteiger partial charge >= 0.3 is 6.18 Å². The Kier molecular flexibility index (Phi) is 5.96. The Labute approximate surface area is 189 Å². The van der Waals surface area contributed by atoms with Crippen molar-refractivity contribution in [2.45, 2.75) is 40.3 Å². The Hall–Kier alpha value is -3.63. The SMILES string of the molecule is CCc1nc2n(c1-c1cnccn1)N=C(C(F)(F)F)/C2=N/c1ccc(N(CC)CC)nc1C. The van der Waals surface area contributed by atoms with Crippen LogP contribution in [0, 0.1) is 6.92 Å². The number of rotatable bonds is 6. The largest absolute Gasteiger partial charge is 0.437 e. The number of aryl methyl sites for hydroxylation is 2. The summed E-state index contributed by atoms with van der Waals surface area (Å²) < 4.78 is 43.0. The molecule has 0 bridgehead atoms. The quantitative estimate of drug-likeness (QED) is 0.551. The van der Waals surface area contributed by atoms with Crippen LogP contribution in [0.2, 0.25) is 0 Å². The van der Waals surface area contributed by atoms with E-state index in [4.69, 9.17) is 0 Å². The predicted molar refractivity (Wildman–Crippen MR) is 120 cm³/mol. The van der Waals surface area contributed by atoms with E-state index in [9.17, 15) is 13.2 Å². The van der Waals surface area contributed by atoms with E-state index in [1.807, 2.05) is 20.8 Å². The van der Waals surface area contributed by atoms with Gasteiger partial charge in [0.15, 0.2) is 11.5 Å². The van der Waals surface area contributed by atoms with Gasteiger partial charge in [0.25, 0.3) is 0 Å². The molecule has 33 heavy (non-hydrogen) atoms. The molecule has 4 heterocycles.